The highest BCUT2D eigenvalue weighted by molar-refractivity contribution is 4.93. The van der Waals surface area contributed by atoms with Crippen LogP contribution in [0.2, 0.25) is 0 Å². The average Bonchev–Trinajstić information content (AvgIpc) is 1.97. The van der Waals surface area contributed by atoms with Crippen molar-refractivity contribution in [2.45, 2.75) is 12.8 Å². The summed E-state index contributed by atoms with van der Waals surface area (Å²) in [6.07, 6.45) is 2.83. The van der Waals surface area contributed by atoms with Crippen LogP contribution < -0.4 is 5.73 Å². The zero-order valence-corrected chi connectivity index (χ0v) is 7.29. The monoisotopic (exact) mass is 154 g/mol. The van der Waals surface area contributed by atoms with Gasteiger partial charge in [-0.15, -0.1) is 0 Å². The third-order valence-electron chi connectivity index (χ3n) is 3.52. The molecule has 2 aliphatic rings. The van der Waals surface area contributed by atoms with Crippen LogP contribution in [0.3, 0.4) is 0 Å². The number of piperidine rings is 1. The summed E-state index contributed by atoms with van der Waals surface area (Å²) in [6.45, 7) is 3.51. The molecular weight excluding hydrogens is 136 g/mol. The van der Waals surface area contributed by atoms with Crippen molar-refractivity contribution in [2.24, 2.45) is 23.5 Å². The molecule has 1 saturated heterocycles. The highest BCUT2D eigenvalue weighted by Gasteiger charge is 2.42. The van der Waals surface area contributed by atoms with Crippen molar-refractivity contribution in [3.8, 4) is 0 Å². The number of likely N-dealkylation sites (tertiary alicyclic amines) is 1. The first-order valence-corrected chi connectivity index (χ1v) is 4.70. The average molecular weight is 154 g/mol. The summed E-state index contributed by atoms with van der Waals surface area (Å²) in [7, 11) is 2.22. The van der Waals surface area contributed by atoms with E-state index in [9.17, 15) is 0 Å². The molecule has 0 spiro atoms. The number of rotatable bonds is 1. The maximum atomic E-state index is 5.67. The number of hydrogen-bond donors (Lipinski definition) is 1. The SMILES string of the molecule is CN1CCC2CC(CN)C2C1. The first-order valence-electron chi connectivity index (χ1n) is 4.70. The molecule has 1 saturated carbocycles. The second kappa shape index (κ2) is 2.76. The van der Waals surface area contributed by atoms with E-state index in [0.29, 0.717) is 0 Å². The maximum Gasteiger partial charge on any atom is 0.00124 e. The van der Waals surface area contributed by atoms with Gasteiger partial charge < -0.3 is 10.6 Å². The molecule has 11 heavy (non-hydrogen) atoms. The van der Waals surface area contributed by atoms with E-state index in [-0.39, 0.29) is 0 Å². The van der Waals surface area contributed by atoms with E-state index in [4.69, 9.17) is 5.73 Å². The fourth-order valence-corrected chi connectivity index (χ4v) is 2.67. The van der Waals surface area contributed by atoms with E-state index in [1.807, 2.05) is 0 Å². The Morgan fingerprint density at radius 2 is 2.36 bits per heavy atom. The smallest absolute Gasteiger partial charge is 0.00124 e. The van der Waals surface area contributed by atoms with Crippen LogP contribution in [-0.4, -0.2) is 31.6 Å². The predicted octanol–water partition coefficient (Wildman–Crippen LogP) is 0.533. The molecule has 64 valence electrons. The number of hydrogen-bond acceptors (Lipinski definition) is 2. The van der Waals surface area contributed by atoms with E-state index >= 15 is 0 Å². The molecule has 2 fully saturated rings. The van der Waals surface area contributed by atoms with E-state index in [2.05, 4.69) is 11.9 Å². The standard InChI is InChI=1S/C9H18N2/c1-11-3-2-7-4-8(5-10)9(7)6-11/h7-9H,2-6,10H2,1H3. The normalized spacial score (nSPS) is 44.7. The van der Waals surface area contributed by atoms with Gasteiger partial charge in [-0.3, -0.25) is 0 Å². The largest absolute Gasteiger partial charge is 0.330 e. The lowest BCUT2D eigenvalue weighted by Crippen LogP contribution is -2.51. The zero-order valence-electron chi connectivity index (χ0n) is 7.29. The van der Waals surface area contributed by atoms with Crippen molar-refractivity contribution in [3.63, 3.8) is 0 Å². The Morgan fingerprint density at radius 3 is 3.09 bits per heavy atom. The Hall–Kier alpha value is -0.0800. The van der Waals surface area contributed by atoms with E-state index in [0.717, 1.165) is 24.3 Å². The summed E-state index contributed by atoms with van der Waals surface area (Å²) < 4.78 is 0. The summed E-state index contributed by atoms with van der Waals surface area (Å²) in [6, 6.07) is 0. The second-order valence-corrected chi connectivity index (χ2v) is 4.21. The summed E-state index contributed by atoms with van der Waals surface area (Å²) in [5.74, 6) is 2.82. The lowest BCUT2D eigenvalue weighted by molar-refractivity contribution is 0.000223. The van der Waals surface area contributed by atoms with Crippen LogP contribution in [0.25, 0.3) is 0 Å². The fraction of sp³-hybridized carbons (Fsp3) is 1.00. The number of nitrogens with zero attached hydrogens (tertiary/aromatic N) is 1. The van der Waals surface area contributed by atoms with Crippen molar-refractivity contribution in [2.75, 3.05) is 26.7 Å². The molecule has 2 nitrogen and oxygen atoms in total. The Kier molecular flexibility index (Phi) is 1.90. The Morgan fingerprint density at radius 1 is 1.55 bits per heavy atom. The third kappa shape index (κ3) is 1.18. The first kappa shape index (κ1) is 7.56. The molecule has 1 aliphatic heterocycles. The van der Waals surface area contributed by atoms with Gasteiger partial charge in [-0.25, -0.2) is 0 Å². The lowest BCUT2D eigenvalue weighted by Gasteiger charge is -2.50. The van der Waals surface area contributed by atoms with Crippen LogP contribution in [0.1, 0.15) is 12.8 Å². The van der Waals surface area contributed by atoms with Gasteiger partial charge in [0, 0.05) is 6.54 Å². The van der Waals surface area contributed by atoms with Crippen LogP contribution in [0.5, 0.6) is 0 Å². The minimum Gasteiger partial charge on any atom is -0.330 e. The van der Waals surface area contributed by atoms with Gasteiger partial charge in [-0.2, -0.15) is 0 Å². The topological polar surface area (TPSA) is 29.3 Å². The molecule has 2 rings (SSSR count). The maximum absolute atomic E-state index is 5.67. The highest BCUT2D eigenvalue weighted by atomic mass is 15.1. The minimum atomic E-state index is 0.850. The minimum absolute atomic E-state index is 0.850. The molecule has 0 aromatic carbocycles. The fourth-order valence-electron chi connectivity index (χ4n) is 2.67. The van der Waals surface area contributed by atoms with Gasteiger partial charge in [0.1, 0.15) is 0 Å². The summed E-state index contributed by atoms with van der Waals surface area (Å²) >= 11 is 0. The molecule has 0 aromatic rings. The van der Waals surface area contributed by atoms with Crippen LogP contribution in [0.4, 0.5) is 0 Å². The first-order chi connectivity index (χ1) is 5.31. The van der Waals surface area contributed by atoms with Gasteiger partial charge in [0.05, 0.1) is 0 Å². The molecule has 1 aliphatic carbocycles. The van der Waals surface area contributed by atoms with E-state index < -0.39 is 0 Å². The Balaban J connectivity index is 1.91. The Labute approximate surface area is 68.7 Å². The van der Waals surface area contributed by atoms with Crippen LogP contribution >= 0.6 is 0 Å². The van der Waals surface area contributed by atoms with Gasteiger partial charge in [0.2, 0.25) is 0 Å². The van der Waals surface area contributed by atoms with Crippen LogP contribution in [0, 0.1) is 17.8 Å². The molecule has 0 amide bonds. The molecule has 1 heterocycles. The summed E-state index contributed by atoms with van der Waals surface area (Å²) in [4.78, 5) is 2.45. The van der Waals surface area contributed by atoms with Crippen LogP contribution in [-0.2, 0) is 0 Å². The highest BCUT2D eigenvalue weighted by Crippen LogP contribution is 2.44. The van der Waals surface area contributed by atoms with Gasteiger partial charge >= 0.3 is 0 Å². The second-order valence-electron chi connectivity index (χ2n) is 4.21. The van der Waals surface area contributed by atoms with Crippen molar-refractivity contribution in [1.29, 1.82) is 0 Å². The summed E-state index contributed by atoms with van der Waals surface area (Å²) in [5.41, 5.74) is 5.67. The lowest BCUT2D eigenvalue weighted by atomic mass is 9.62. The molecule has 2 heteroatoms. The third-order valence-corrected chi connectivity index (χ3v) is 3.52. The van der Waals surface area contributed by atoms with Crippen LogP contribution in [0.15, 0.2) is 0 Å². The molecule has 0 aromatic heterocycles. The molecule has 3 unspecified atom stereocenters. The molecular formula is C9H18N2. The molecule has 2 N–H and O–H groups in total. The van der Waals surface area contributed by atoms with Crippen molar-refractivity contribution >= 4 is 0 Å². The van der Waals surface area contributed by atoms with Crippen molar-refractivity contribution in [1.82, 2.24) is 4.90 Å². The van der Waals surface area contributed by atoms with Crippen molar-refractivity contribution in [3.05, 3.63) is 0 Å². The van der Waals surface area contributed by atoms with E-state index in [1.54, 1.807) is 0 Å². The molecule has 3 atom stereocenters. The van der Waals surface area contributed by atoms with Gasteiger partial charge in [0.15, 0.2) is 0 Å². The Bertz CT molecular complexity index is 140. The van der Waals surface area contributed by atoms with Gasteiger partial charge in [-0.1, -0.05) is 0 Å². The van der Waals surface area contributed by atoms with Gasteiger partial charge in [0.25, 0.3) is 0 Å². The van der Waals surface area contributed by atoms with Gasteiger partial charge in [-0.05, 0) is 50.7 Å². The summed E-state index contributed by atoms with van der Waals surface area (Å²) in [5, 5.41) is 0. The zero-order chi connectivity index (χ0) is 7.84. The quantitative estimate of drug-likeness (QED) is 0.597. The molecule has 0 radical (unpaired) electrons. The predicted molar refractivity (Wildman–Crippen MR) is 46.3 cm³/mol. The molecule has 0 bridgehead atoms. The number of fused-ring (bicyclic) bond motifs is 1. The van der Waals surface area contributed by atoms with Crippen molar-refractivity contribution < 1.29 is 0 Å². The van der Waals surface area contributed by atoms with E-state index in [1.165, 1.54) is 25.9 Å². The number of nitrogens with two attached hydrogens (primary N) is 1.